The van der Waals surface area contributed by atoms with Gasteiger partial charge in [-0.05, 0) is 23.3 Å². The lowest BCUT2D eigenvalue weighted by Gasteiger charge is -2.05. The normalized spacial score (nSPS) is 12.3. The Hall–Kier alpha value is -1.07. The summed E-state index contributed by atoms with van der Waals surface area (Å²) in [5, 5.41) is 0. The van der Waals surface area contributed by atoms with Crippen molar-refractivity contribution in [2.24, 2.45) is 0 Å². The summed E-state index contributed by atoms with van der Waals surface area (Å²) in [4.78, 5) is 11.3. The molecule has 0 heterocycles. The number of carbonyl (C=O) groups is 1. The number of hydrogen-bond acceptors (Lipinski definition) is 3. The van der Waals surface area contributed by atoms with Crippen LogP contribution in [0.2, 0.25) is 0 Å². The lowest BCUT2D eigenvalue weighted by atomic mass is 10.2. The van der Waals surface area contributed by atoms with Crippen LogP contribution in [0.1, 0.15) is 10.4 Å². The van der Waals surface area contributed by atoms with E-state index in [0.717, 1.165) is 6.07 Å². The van der Waals surface area contributed by atoms with Crippen molar-refractivity contribution in [3.63, 3.8) is 0 Å². The average Bonchev–Trinajstić information content (AvgIpc) is 2.16. The smallest absolute Gasteiger partial charge is 0.340 e. The third-order valence-electron chi connectivity index (χ3n) is 1.68. The van der Waals surface area contributed by atoms with E-state index in [9.17, 15) is 13.7 Å². The zero-order chi connectivity index (χ0) is 10.7. The predicted octanol–water partition coefficient (Wildman–Crippen LogP) is 1.35. The van der Waals surface area contributed by atoms with Crippen LogP contribution in [0.3, 0.4) is 0 Å². The molecule has 0 saturated heterocycles. The predicted molar refractivity (Wildman–Crippen MR) is 50.1 cm³/mol. The second-order valence-electron chi connectivity index (χ2n) is 2.59. The van der Waals surface area contributed by atoms with Gasteiger partial charge in [-0.1, -0.05) is 0 Å². The van der Waals surface area contributed by atoms with E-state index in [1.807, 2.05) is 0 Å². The van der Waals surface area contributed by atoms with Crippen LogP contribution < -0.4 is 0 Å². The van der Waals surface area contributed by atoms with E-state index < -0.39 is 23.0 Å². The molecule has 14 heavy (non-hydrogen) atoms. The van der Waals surface area contributed by atoms with E-state index in [0.29, 0.717) is 4.90 Å². The Morgan fingerprint density at radius 1 is 1.57 bits per heavy atom. The van der Waals surface area contributed by atoms with Gasteiger partial charge in [0.05, 0.1) is 12.7 Å². The number of hydrogen-bond donors (Lipinski definition) is 0. The molecule has 1 aromatic carbocycles. The second-order valence-corrected chi connectivity index (χ2v) is 3.97. The first kappa shape index (κ1) is 11.0. The van der Waals surface area contributed by atoms with Gasteiger partial charge in [-0.3, -0.25) is 0 Å². The molecule has 0 aromatic heterocycles. The van der Waals surface area contributed by atoms with E-state index in [1.54, 1.807) is 0 Å². The van der Waals surface area contributed by atoms with E-state index in [2.05, 4.69) is 4.74 Å². The van der Waals surface area contributed by atoms with Gasteiger partial charge in [0.15, 0.2) is 4.90 Å². The van der Waals surface area contributed by atoms with Crippen LogP contribution in [-0.4, -0.2) is 23.9 Å². The molecular weight excluding hydrogens is 207 g/mol. The Balaban J connectivity index is 3.07. The number of halogens is 1. The fraction of sp³-hybridized carbons (Fsp3) is 0.222. The number of rotatable bonds is 2. The third-order valence-corrected chi connectivity index (χ3v) is 2.60. The molecule has 1 unspecified atom stereocenters. The summed E-state index contributed by atoms with van der Waals surface area (Å²) in [5.74, 6) is -1.46. The molecule has 0 spiro atoms. The lowest BCUT2D eigenvalue weighted by Crippen LogP contribution is -2.06. The van der Waals surface area contributed by atoms with Crippen molar-refractivity contribution < 1.29 is 18.5 Å². The zero-order valence-electron chi connectivity index (χ0n) is 7.74. The number of methoxy groups -OCH3 is 1. The van der Waals surface area contributed by atoms with Gasteiger partial charge in [-0.25, -0.2) is 9.18 Å². The summed E-state index contributed by atoms with van der Waals surface area (Å²) in [7, 11) is 1.17. The highest BCUT2D eigenvalue weighted by Crippen LogP contribution is 2.15. The van der Waals surface area contributed by atoms with Gasteiger partial charge in [0.1, 0.15) is 12.1 Å². The molecule has 0 aliphatic rings. The Kier molecular flexibility index (Phi) is 3.49. The number of ether oxygens (including phenoxy) is 1. The molecule has 0 N–H and O–H groups in total. The van der Waals surface area contributed by atoms with Crippen LogP contribution in [0.25, 0.3) is 0 Å². The molecule has 1 rings (SSSR count). The van der Waals surface area contributed by atoms with Gasteiger partial charge in [-0.15, -0.1) is 0 Å². The van der Waals surface area contributed by atoms with Gasteiger partial charge in [-0.2, -0.15) is 0 Å². The molecular formula is C9H9FO3S. The molecule has 76 valence electrons. The monoisotopic (exact) mass is 216 g/mol. The van der Waals surface area contributed by atoms with Crippen LogP contribution in [0.15, 0.2) is 23.1 Å². The molecule has 5 heteroatoms. The van der Waals surface area contributed by atoms with Gasteiger partial charge < -0.3 is 9.29 Å². The fourth-order valence-electron chi connectivity index (χ4n) is 0.950. The van der Waals surface area contributed by atoms with Gasteiger partial charge >= 0.3 is 5.97 Å². The van der Waals surface area contributed by atoms with Crippen LogP contribution in [-0.2, 0) is 15.9 Å². The SMILES string of the molecule is COC(=O)c1ccc([S+](C)[O-])cc1F. The van der Waals surface area contributed by atoms with Crippen LogP contribution in [0.5, 0.6) is 0 Å². The summed E-state index contributed by atoms with van der Waals surface area (Å²) in [6, 6.07) is 3.77. The maximum Gasteiger partial charge on any atom is 0.340 e. The first-order valence-corrected chi connectivity index (χ1v) is 5.33. The van der Waals surface area contributed by atoms with Crippen molar-refractivity contribution in [1.29, 1.82) is 0 Å². The highest BCUT2D eigenvalue weighted by atomic mass is 32.2. The molecule has 0 aliphatic carbocycles. The fourth-order valence-corrected chi connectivity index (χ4v) is 1.48. The van der Waals surface area contributed by atoms with Crippen LogP contribution in [0.4, 0.5) is 4.39 Å². The van der Waals surface area contributed by atoms with Crippen LogP contribution in [0, 0.1) is 5.82 Å². The second kappa shape index (κ2) is 4.43. The molecule has 0 aliphatic heterocycles. The van der Waals surface area contributed by atoms with Crippen LogP contribution >= 0.6 is 0 Å². The lowest BCUT2D eigenvalue weighted by molar-refractivity contribution is 0.0595. The number of benzene rings is 1. The molecule has 0 bridgehead atoms. The molecule has 0 radical (unpaired) electrons. The van der Waals surface area contributed by atoms with Crippen molar-refractivity contribution in [3.8, 4) is 0 Å². The molecule has 0 fully saturated rings. The highest BCUT2D eigenvalue weighted by molar-refractivity contribution is 7.90. The summed E-state index contributed by atoms with van der Waals surface area (Å²) in [6.07, 6.45) is 1.44. The largest absolute Gasteiger partial charge is 0.612 e. The minimum atomic E-state index is -1.25. The maximum atomic E-state index is 13.2. The topological polar surface area (TPSA) is 49.4 Å². The van der Waals surface area contributed by atoms with Crippen molar-refractivity contribution in [2.75, 3.05) is 13.4 Å². The standard InChI is InChI=1S/C9H9FO3S/c1-13-9(11)7-4-3-6(14(2)12)5-8(7)10/h3-5H,1-2H3. The Labute approximate surface area is 84.1 Å². The summed E-state index contributed by atoms with van der Waals surface area (Å²) < 4.78 is 28.6. The Morgan fingerprint density at radius 3 is 2.64 bits per heavy atom. The molecule has 3 nitrogen and oxygen atoms in total. The zero-order valence-corrected chi connectivity index (χ0v) is 8.56. The maximum absolute atomic E-state index is 13.2. The van der Waals surface area contributed by atoms with E-state index in [4.69, 9.17) is 0 Å². The number of carbonyl (C=O) groups excluding carboxylic acids is 1. The van der Waals surface area contributed by atoms with Crippen molar-refractivity contribution >= 4 is 17.1 Å². The molecule has 1 aromatic rings. The Morgan fingerprint density at radius 2 is 2.21 bits per heavy atom. The molecule has 0 saturated carbocycles. The van der Waals surface area contributed by atoms with Crippen molar-refractivity contribution in [3.05, 3.63) is 29.6 Å². The quantitative estimate of drug-likeness (QED) is 0.554. The van der Waals surface area contributed by atoms with Gasteiger partial charge in [0, 0.05) is 6.07 Å². The summed E-state index contributed by atoms with van der Waals surface area (Å²) >= 11 is -1.25. The average molecular weight is 216 g/mol. The summed E-state index contributed by atoms with van der Waals surface area (Å²) in [6.45, 7) is 0. The minimum absolute atomic E-state index is 0.151. The molecule has 0 amide bonds. The first-order chi connectivity index (χ1) is 6.56. The minimum Gasteiger partial charge on any atom is -0.612 e. The Bertz CT molecular complexity index is 352. The number of esters is 1. The van der Waals surface area contributed by atoms with E-state index >= 15 is 0 Å². The van der Waals surface area contributed by atoms with E-state index in [-0.39, 0.29) is 5.56 Å². The van der Waals surface area contributed by atoms with Gasteiger partial charge in [0.25, 0.3) is 0 Å². The van der Waals surface area contributed by atoms with E-state index in [1.165, 1.54) is 25.5 Å². The van der Waals surface area contributed by atoms with Gasteiger partial charge in [0.2, 0.25) is 0 Å². The summed E-state index contributed by atoms with van der Waals surface area (Å²) in [5.41, 5.74) is -0.151. The molecule has 1 atom stereocenters. The van der Waals surface area contributed by atoms with Crippen molar-refractivity contribution in [1.82, 2.24) is 0 Å². The third kappa shape index (κ3) is 2.24. The van der Waals surface area contributed by atoms with Crippen molar-refractivity contribution in [2.45, 2.75) is 4.90 Å². The first-order valence-electron chi connectivity index (χ1n) is 3.77. The highest BCUT2D eigenvalue weighted by Gasteiger charge is 2.15.